The summed E-state index contributed by atoms with van der Waals surface area (Å²) in [7, 11) is 0. The lowest BCUT2D eigenvalue weighted by molar-refractivity contribution is 0.0949. The van der Waals surface area contributed by atoms with Crippen LogP contribution in [0.3, 0.4) is 0 Å². The normalized spacial score (nSPS) is 17.3. The average molecular weight is 407 g/mol. The Morgan fingerprint density at radius 2 is 2.13 bits per heavy atom. The van der Waals surface area contributed by atoms with Crippen LogP contribution in [0, 0.1) is 5.92 Å². The van der Waals surface area contributed by atoms with Crippen molar-refractivity contribution in [3.8, 4) is 23.0 Å². The van der Waals surface area contributed by atoms with Crippen molar-refractivity contribution in [2.45, 2.75) is 19.4 Å². The fourth-order valence-electron chi connectivity index (χ4n) is 3.68. The highest BCUT2D eigenvalue weighted by atomic mass is 16.7. The molecule has 1 saturated heterocycles. The molecule has 4 heterocycles. The van der Waals surface area contributed by atoms with Gasteiger partial charge < -0.3 is 24.6 Å². The van der Waals surface area contributed by atoms with Crippen LogP contribution < -0.4 is 20.1 Å². The van der Waals surface area contributed by atoms with E-state index in [9.17, 15) is 4.79 Å². The lowest BCUT2D eigenvalue weighted by atomic mass is 9.99. The Balaban J connectivity index is 1.21. The van der Waals surface area contributed by atoms with Gasteiger partial charge in [0.2, 0.25) is 6.79 Å². The van der Waals surface area contributed by atoms with Gasteiger partial charge in [-0.3, -0.25) is 9.78 Å². The molecular formula is C21H21N5O4. The summed E-state index contributed by atoms with van der Waals surface area (Å²) in [5, 5.41) is 10.1. The number of pyridine rings is 1. The molecule has 1 amide bonds. The van der Waals surface area contributed by atoms with Gasteiger partial charge in [-0.1, -0.05) is 5.16 Å². The molecule has 5 rings (SSSR count). The minimum atomic E-state index is -0.219. The van der Waals surface area contributed by atoms with E-state index >= 15 is 0 Å². The Kier molecular flexibility index (Phi) is 5.02. The Bertz CT molecular complexity index is 1060. The van der Waals surface area contributed by atoms with E-state index < -0.39 is 0 Å². The van der Waals surface area contributed by atoms with Crippen LogP contribution in [0.2, 0.25) is 0 Å². The van der Waals surface area contributed by atoms with Crippen LogP contribution in [0.15, 0.2) is 41.2 Å². The second kappa shape index (κ2) is 8.11. The van der Waals surface area contributed by atoms with E-state index in [0.717, 1.165) is 37.1 Å². The summed E-state index contributed by atoms with van der Waals surface area (Å²) < 4.78 is 16.0. The molecule has 9 nitrogen and oxygen atoms in total. The first-order chi connectivity index (χ1) is 14.7. The molecule has 2 N–H and O–H groups in total. The number of carbonyl (C=O) groups excluding carboxylic acids is 1. The standard InChI is InChI=1S/C21H21N5O4/c27-20(16-6-14(9-23-10-16)5-13-3-4-22-8-13)24-11-19-25-21(30-26-19)15-1-2-17-18(7-15)29-12-28-17/h1-2,6-7,9-10,13,22H,3-5,8,11-12H2,(H,24,27). The topological polar surface area (TPSA) is 111 Å². The largest absolute Gasteiger partial charge is 0.454 e. The van der Waals surface area contributed by atoms with Crippen molar-refractivity contribution in [3.05, 3.63) is 53.6 Å². The molecule has 30 heavy (non-hydrogen) atoms. The van der Waals surface area contributed by atoms with Crippen LogP contribution in [0.5, 0.6) is 11.5 Å². The molecule has 1 aromatic carbocycles. The van der Waals surface area contributed by atoms with Crippen molar-refractivity contribution in [2.75, 3.05) is 19.9 Å². The van der Waals surface area contributed by atoms with E-state index in [1.165, 1.54) is 0 Å². The summed E-state index contributed by atoms with van der Waals surface area (Å²) in [6.45, 7) is 2.42. The minimum absolute atomic E-state index is 0.156. The number of nitrogens with one attached hydrogen (secondary N) is 2. The van der Waals surface area contributed by atoms with Crippen LogP contribution in [-0.2, 0) is 13.0 Å². The van der Waals surface area contributed by atoms with Crippen molar-refractivity contribution in [1.29, 1.82) is 0 Å². The number of ether oxygens (including phenoxy) is 2. The number of hydrogen-bond acceptors (Lipinski definition) is 8. The number of nitrogens with zero attached hydrogens (tertiary/aromatic N) is 3. The lowest BCUT2D eigenvalue weighted by Crippen LogP contribution is -2.23. The first kappa shape index (κ1) is 18.6. The summed E-state index contributed by atoms with van der Waals surface area (Å²) in [6.07, 6.45) is 5.47. The Morgan fingerprint density at radius 3 is 3.03 bits per heavy atom. The quantitative estimate of drug-likeness (QED) is 0.638. The summed E-state index contributed by atoms with van der Waals surface area (Å²) in [5.74, 6) is 2.44. The predicted molar refractivity (Wildman–Crippen MR) is 106 cm³/mol. The summed E-state index contributed by atoms with van der Waals surface area (Å²) >= 11 is 0. The van der Waals surface area contributed by atoms with Gasteiger partial charge in [0.1, 0.15) is 0 Å². The zero-order valence-corrected chi connectivity index (χ0v) is 16.3. The molecule has 0 saturated carbocycles. The van der Waals surface area contributed by atoms with Crippen LogP contribution in [0.25, 0.3) is 11.5 Å². The third-order valence-corrected chi connectivity index (χ3v) is 5.24. The van der Waals surface area contributed by atoms with E-state index in [1.54, 1.807) is 18.3 Å². The van der Waals surface area contributed by atoms with Crippen LogP contribution >= 0.6 is 0 Å². The van der Waals surface area contributed by atoms with Gasteiger partial charge in [-0.25, -0.2) is 0 Å². The van der Waals surface area contributed by atoms with E-state index in [0.29, 0.717) is 34.7 Å². The first-order valence-electron chi connectivity index (χ1n) is 9.90. The highest BCUT2D eigenvalue weighted by molar-refractivity contribution is 5.93. The third-order valence-electron chi connectivity index (χ3n) is 5.24. The molecule has 1 unspecified atom stereocenters. The Hall–Kier alpha value is -3.46. The molecule has 1 fully saturated rings. The summed E-state index contributed by atoms with van der Waals surface area (Å²) in [5.41, 5.74) is 2.32. The number of amides is 1. The van der Waals surface area contributed by atoms with Gasteiger partial charge in [-0.15, -0.1) is 0 Å². The predicted octanol–water partition coefficient (Wildman–Crippen LogP) is 1.94. The second-order valence-corrected chi connectivity index (χ2v) is 7.41. The van der Waals surface area contributed by atoms with Gasteiger partial charge in [0.15, 0.2) is 17.3 Å². The molecule has 0 bridgehead atoms. The molecule has 2 aromatic heterocycles. The van der Waals surface area contributed by atoms with Crippen molar-refractivity contribution >= 4 is 5.91 Å². The van der Waals surface area contributed by atoms with Crippen molar-refractivity contribution in [1.82, 2.24) is 25.8 Å². The van der Waals surface area contributed by atoms with Gasteiger partial charge in [-0.2, -0.15) is 4.98 Å². The van der Waals surface area contributed by atoms with E-state index in [1.807, 2.05) is 18.3 Å². The minimum Gasteiger partial charge on any atom is -0.454 e. The maximum absolute atomic E-state index is 12.5. The Labute approximate surface area is 172 Å². The monoisotopic (exact) mass is 407 g/mol. The van der Waals surface area contributed by atoms with E-state index in [-0.39, 0.29) is 19.2 Å². The van der Waals surface area contributed by atoms with Gasteiger partial charge >= 0.3 is 0 Å². The number of carbonyl (C=O) groups is 1. The van der Waals surface area contributed by atoms with Crippen LogP contribution in [-0.4, -0.2) is 40.9 Å². The maximum atomic E-state index is 12.5. The zero-order chi connectivity index (χ0) is 20.3. The summed E-state index contributed by atoms with van der Waals surface area (Å²) in [6, 6.07) is 7.30. The molecular weight excluding hydrogens is 386 g/mol. The fourth-order valence-corrected chi connectivity index (χ4v) is 3.68. The van der Waals surface area contributed by atoms with Gasteiger partial charge in [0.05, 0.1) is 12.1 Å². The molecule has 3 aromatic rings. The van der Waals surface area contributed by atoms with Crippen molar-refractivity contribution in [2.24, 2.45) is 5.92 Å². The maximum Gasteiger partial charge on any atom is 0.258 e. The molecule has 1 atom stereocenters. The van der Waals surface area contributed by atoms with Gasteiger partial charge in [-0.05, 0) is 61.7 Å². The number of fused-ring (bicyclic) bond motifs is 1. The van der Waals surface area contributed by atoms with E-state index in [4.69, 9.17) is 14.0 Å². The SMILES string of the molecule is O=C(NCc1noc(-c2ccc3c(c2)OCO3)n1)c1cncc(CC2CCNC2)c1. The van der Waals surface area contributed by atoms with Crippen molar-refractivity contribution in [3.63, 3.8) is 0 Å². The third kappa shape index (κ3) is 3.97. The van der Waals surface area contributed by atoms with Crippen LogP contribution in [0.4, 0.5) is 0 Å². The van der Waals surface area contributed by atoms with E-state index in [2.05, 4.69) is 25.8 Å². The average Bonchev–Trinajstić information content (AvgIpc) is 3.53. The molecule has 2 aliphatic rings. The molecule has 9 heteroatoms. The molecule has 0 aliphatic carbocycles. The number of rotatable bonds is 6. The lowest BCUT2D eigenvalue weighted by Gasteiger charge is -2.09. The molecule has 0 radical (unpaired) electrons. The molecule has 2 aliphatic heterocycles. The first-order valence-corrected chi connectivity index (χ1v) is 9.90. The van der Waals surface area contributed by atoms with Gasteiger partial charge in [0.25, 0.3) is 11.8 Å². The Morgan fingerprint density at radius 1 is 1.20 bits per heavy atom. The summed E-state index contributed by atoms with van der Waals surface area (Å²) in [4.78, 5) is 21.1. The molecule has 154 valence electrons. The van der Waals surface area contributed by atoms with Crippen LogP contribution in [0.1, 0.15) is 28.2 Å². The number of benzene rings is 1. The number of aromatic nitrogens is 3. The van der Waals surface area contributed by atoms with Gasteiger partial charge in [0, 0.05) is 18.0 Å². The number of hydrogen-bond donors (Lipinski definition) is 2. The second-order valence-electron chi connectivity index (χ2n) is 7.41. The smallest absolute Gasteiger partial charge is 0.258 e. The zero-order valence-electron chi connectivity index (χ0n) is 16.3. The molecule has 0 spiro atoms. The highest BCUT2D eigenvalue weighted by Crippen LogP contribution is 2.35. The highest BCUT2D eigenvalue weighted by Gasteiger charge is 2.18. The fraction of sp³-hybridized carbons (Fsp3) is 0.333. The van der Waals surface area contributed by atoms with Crippen molar-refractivity contribution < 1.29 is 18.8 Å².